The highest BCUT2D eigenvalue weighted by Crippen LogP contribution is 2.40. The molecule has 4 nitrogen and oxygen atoms in total. The van der Waals surface area contributed by atoms with Gasteiger partial charge in [0.25, 0.3) is 0 Å². The Kier molecular flexibility index (Phi) is 4.38. The molecule has 114 valence electrons. The third-order valence-corrected chi connectivity index (χ3v) is 3.86. The third kappa shape index (κ3) is 3.11. The highest BCUT2D eigenvalue weighted by Gasteiger charge is 2.35. The van der Waals surface area contributed by atoms with Crippen LogP contribution < -0.4 is 9.47 Å². The number of ether oxygens (including phenoxy) is 2. The predicted octanol–water partition coefficient (Wildman–Crippen LogP) is 3.26. The van der Waals surface area contributed by atoms with Crippen molar-refractivity contribution in [3.63, 3.8) is 0 Å². The van der Waals surface area contributed by atoms with Crippen LogP contribution in [0.5, 0.6) is 11.5 Å². The van der Waals surface area contributed by atoms with Crippen molar-refractivity contribution in [3.8, 4) is 11.5 Å². The van der Waals surface area contributed by atoms with Gasteiger partial charge in [-0.1, -0.05) is 12.1 Å². The number of aromatic nitrogens is 1. The number of halogens is 3. The molecule has 0 aliphatic carbocycles. The van der Waals surface area contributed by atoms with E-state index in [1.807, 2.05) is 0 Å². The first-order chi connectivity index (χ1) is 9.88. The Hall–Kier alpha value is -1.80. The van der Waals surface area contributed by atoms with Gasteiger partial charge in [0.15, 0.2) is 16.5 Å². The molecule has 0 aliphatic rings. The molecule has 1 atom stereocenters. The first-order valence-electron chi connectivity index (χ1n) is 5.80. The van der Waals surface area contributed by atoms with Crippen LogP contribution in [0, 0.1) is 0 Å². The van der Waals surface area contributed by atoms with Crippen molar-refractivity contribution in [2.75, 3.05) is 14.2 Å². The first-order valence-corrected chi connectivity index (χ1v) is 6.62. The van der Waals surface area contributed by atoms with Gasteiger partial charge in [-0.15, -0.1) is 11.3 Å². The second kappa shape index (κ2) is 5.90. The summed E-state index contributed by atoms with van der Waals surface area (Å²) in [6.07, 6.45) is -4.79. The zero-order chi connectivity index (χ0) is 15.6. The van der Waals surface area contributed by atoms with E-state index in [1.165, 1.54) is 14.2 Å². The van der Waals surface area contributed by atoms with Gasteiger partial charge in [-0.3, -0.25) is 0 Å². The highest BCUT2D eigenvalue weighted by atomic mass is 32.1. The van der Waals surface area contributed by atoms with Gasteiger partial charge in [-0.25, -0.2) is 4.98 Å². The van der Waals surface area contributed by atoms with Crippen molar-refractivity contribution in [1.29, 1.82) is 0 Å². The van der Waals surface area contributed by atoms with Crippen molar-refractivity contribution >= 4 is 11.3 Å². The van der Waals surface area contributed by atoms with Crippen LogP contribution in [0.25, 0.3) is 0 Å². The van der Waals surface area contributed by atoms with Gasteiger partial charge in [0, 0.05) is 11.8 Å². The lowest BCUT2D eigenvalue weighted by atomic mass is 10.1. The molecule has 0 spiro atoms. The normalized spacial score (nSPS) is 13.0. The first kappa shape index (κ1) is 15.6. The molecule has 1 aromatic heterocycles. The maximum Gasteiger partial charge on any atom is 0.443 e. The Bertz CT molecular complexity index is 627. The Balaban J connectivity index is 2.40. The highest BCUT2D eigenvalue weighted by molar-refractivity contribution is 7.11. The molecule has 21 heavy (non-hydrogen) atoms. The van der Waals surface area contributed by atoms with Crippen LogP contribution in [0.4, 0.5) is 13.2 Å². The second-order valence-corrected chi connectivity index (χ2v) is 5.11. The summed E-state index contributed by atoms with van der Waals surface area (Å²) in [4.78, 5) is 3.37. The molecular weight excluding hydrogens is 307 g/mol. The molecule has 8 heteroatoms. The SMILES string of the molecule is COc1cccc(C(O)c2cnc(C(F)(F)F)s2)c1OC. The Labute approximate surface area is 122 Å². The van der Waals surface area contributed by atoms with Gasteiger partial charge < -0.3 is 14.6 Å². The molecule has 0 saturated heterocycles. The van der Waals surface area contributed by atoms with Crippen molar-refractivity contribution in [3.05, 3.63) is 39.8 Å². The van der Waals surface area contributed by atoms with Crippen LogP contribution in [-0.2, 0) is 6.18 Å². The van der Waals surface area contributed by atoms with Gasteiger partial charge in [0.1, 0.15) is 6.10 Å². The molecule has 1 unspecified atom stereocenters. The molecule has 1 N–H and O–H groups in total. The fourth-order valence-electron chi connectivity index (χ4n) is 1.82. The summed E-state index contributed by atoms with van der Waals surface area (Å²) in [5.41, 5.74) is 0.314. The zero-order valence-corrected chi connectivity index (χ0v) is 12.0. The largest absolute Gasteiger partial charge is 0.493 e. The molecule has 0 saturated carbocycles. The van der Waals surface area contributed by atoms with Crippen molar-refractivity contribution in [1.82, 2.24) is 4.98 Å². The number of benzene rings is 1. The van der Waals surface area contributed by atoms with Crippen LogP contribution in [-0.4, -0.2) is 24.3 Å². The lowest BCUT2D eigenvalue weighted by Gasteiger charge is -2.15. The number of rotatable bonds is 4. The van der Waals surface area contributed by atoms with E-state index in [0.717, 1.165) is 6.20 Å². The predicted molar refractivity (Wildman–Crippen MR) is 70.7 cm³/mol. The number of aliphatic hydroxyl groups excluding tert-OH is 1. The minimum absolute atomic E-state index is 0.0777. The molecular formula is C13H12F3NO3S. The number of para-hydroxylation sites is 1. The Morgan fingerprint density at radius 2 is 1.95 bits per heavy atom. The van der Waals surface area contributed by atoms with Crippen LogP contribution in [0.1, 0.15) is 21.6 Å². The zero-order valence-electron chi connectivity index (χ0n) is 11.1. The van der Waals surface area contributed by atoms with E-state index in [9.17, 15) is 18.3 Å². The molecule has 0 aliphatic heterocycles. The second-order valence-electron chi connectivity index (χ2n) is 4.05. The number of hydrogen-bond acceptors (Lipinski definition) is 5. The third-order valence-electron chi connectivity index (χ3n) is 2.76. The summed E-state index contributed by atoms with van der Waals surface area (Å²) in [7, 11) is 2.82. The molecule has 2 rings (SSSR count). The summed E-state index contributed by atoms with van der Waals surface area (Å²) >= 11 is 0.393. The van der Waals surface area contributed by atoms with Gasteiger partial charge >= 0.3 is 6.18 Å². The summed E-state index contributed by atoms with van der Waals surface area (Å²) in [5, 5.41) is 9.27. The van der Waals surface area contributed by atoms with E-state index >= 15 is 0 Å². The number of nitrogens with zero attached hydrogens (tertiary/aromatic N) is 1. The molecule has 2 aromatic rings. The average Bonchev–Trinajstić information content (AvgIpc) is 2.95. The van der Waals surface area contributed by atoms with Gasteiger partial charge in [-0.2, -0.15) is 13.2 Å². The van der Waals surface area contributed by atoms with Crippen molar-refractivity contribution in [2.24, 2.45) is 0 Å². The number of thiazole rings is 1. The van der Waals surface area contributed by atoms with Crippen LogP contribution in [0.15, 0.2) is 24.4 Å². The number of methoxy groups -OCH3 is 2. The van der Waals surface area contributed by atoms with Crippen molar-refractivity contribution < 1.29 is 27.8 Å². The van der Waals surface area contributed by atoms with E-state index < -0.39 is 17.3 Å². The average molecular weight is 319 g/mol. The van der Waals surface area contributed by atoms with Crippen LogP contribution in [0.3, 0.4) is 0 Å². The standard InChI is InChI=1S/C13H12F3NO3S/c1-19-8-5-3-4-7(11(8)20-2)10(18)9-6-17-12(21-9)13(14,15)16/h3-6,10,18H,1-2H3. The Morgan fingerprint density at radius 1 is 1.24 bits per heavy atom. The number of hydrogen-bond donors (Lipinski definition) is 1. The smallest absolute Gasteiger partial charge is 0.443 e. The number of alkyl halides is 3. The minimum Gasteiger partial charge on any atom is -0.493 e. The lowest BCUT2D eigenvalue weighted by molar-refractivity contribution is -0.137. The van der Waals surface area contributed by atoms with E-state index in [0.29, 0.717) is 22.6 Å². The molecule has 0 radical (unpaired) electrons. The summed E-state index contributed by atoms with van der Waals surface area (Å²) in [5.74, 6) is 0.657. The van der Waals surface area contributed by atoms with E-state index in [-0.39, 0.29) is 10.6 Å². The molecule has 1 aromatic carbocycles. The van der Waals surface area contributed by atoms with Gasteiger partial charge in [0.2, 0.25) is 0 Å². The van der Waals surface area contributed by atoms with Crippen LogP contribution in [0.2, 0.25) is 0 Å². The summed E-state index contributed by atoms with van der Waals surface area (Å²) in [6, 6.07) is 4.80. The minimum atomic E-state index is -4.53. The molecule has 1 heterocycles. The number of aliphatic hydroxyl groups is 1. The van der Waals surface area contributed by atoms with Crippen LogP contribution >= 0.6 is 11.3 Å². The molecule has 0 amide bonds. The Morgan fingerprint density at radius 3 is 2.48 bits per heavy atom. The summed E-state index contributed by atoms with van der Waals surface area (Å²) in [6.45, 7) is 0. The fraction of sp³-hybridized carbons (Fsp3) is 0.308. The molecule has 0 fully saturated rings. The van der Waals surface area contributed by atoms with Gasteiger partial charge in [-0.05, 0) is 6.07 Å². The van der Waals surface area contributed by atoms with E-state index in [1.54, 1.807) is 18.2 Å². The van der Waals surface area contributed by atoms with Gasteiger partial charge in [0.05, 0.1) is 19.1 Å². The monoisotopic (exact) mass is 319 g/mol. The van der Waals surface area contributed by atoms with E-state index in [4.69, 9.17) is 9.47 Å². The van der Waals surface area contributed by atoms with Crippen molar-refractivity contribution in [2.45, 2.75) is 12.3 Å². The summed E-state index contributed by atoms with van der Waals surface area (Å²) < 4.78 is 47.9. The maximum absolute atomic E-state index is 12.6. The maximum atomic E-state index is 12.6. The quantitative estimate of drug-likeness (QED) is 0.940. The lowest BCUT2D eigenvalue weighted by Crippen LogP contribution is -2.03. The molecule has 0 bridgehead atoms. The topological polar surface area (TPSA) is 51.6 Å². The van der Waals surface area contributed by atoms with E-state index in [2.05, 4.69) is 4.98 Å². The fourth-order valence-corrected chi connectivity index (χ4v) is 2.61.